The van der Waals surface area contributed by atoms with Gasteiger partial charge in [-0.1, -0.05) is 53.4 Å². The SMILES string of the molecule is CSc1nnc(NCc2ccccc2)s1. The smallest absolute Gasteiger partial charge is 0.206 e. The molecule has 0 bridgehead atoms. The Bertz CT molecular complexity index is 414. The normalized spacial score (nSPS) is 10.2. The van der Waals surface area contributed by atoms with Crippen molar-refractivity contribution in [1.82, 2.24) is 10.2 Å². The zero-order chi connectivity index (χ0) is 10.5. The number of aromatic nitrogens is 2. The van der Waals surface area contributed by atoms with Crippen LogP contribution < -0.4 is 5.32 Å². The molecule has 0 unspecified atom stereocenters. The van der Waals surface area contributed by atoms with E-state index in [-0.39, 0.29) is 0 Å². The highest BCUT2D eigenvalue weighted by Gasteiger charge is 2.01. The number of hydrogen-bond donors (Lipinski definition) is 1. The molecule has 0 aliphatic rings. The first-order valence-electron chi connectivity index (χ1n) is 4.54. The Labute approximate surface area is 96.9 Å². The second kappa shape index (κ2) is 5.14. The van der Waals surface area contributed by atoms with Crippen LogP contribution in [0.2, 0.25) is 0 Å². The van der Waals surface area contributed by atoms with Gasteiger partial charge in [0.05, 0.1) is 0 Å². The van der Waals surface area contributed by atoms with Crippen molar-refractivity contribution in [2.45, 2.75) is 10.9 Å². The summed E-state index contributed by atoms with van der Waals surface area (Å²) in [6.45, 7) is 0.795. The van der Waals surface area contributed by atoms with E-state index in [4.69, 9.17) is 0 Å². The van der Waals surface area contributed by atoms with Crippen LogP contribution in [0, 0.1) is 0 Å². The minimum Gasteiger partial charge on any atom is -0.356 e. The Morgan fingerprint density at radius 3 is 2.73 bits per heavy atom. The second-order valence-corrected chi connectivity index (χ2v) is 4.95. The highest BCUT2D eigenvalue weighted by Crippen LogP contribution is 2.23. The minimum absolute atomic E-state index is 0.795. The van der Waals surface area contributed by atoms with Gasteiger partial charge in [-0.25, -0.2) is 0 Å². The summed E-state index contributed by atoms with van der Waals surface area (Å²) >= 11 is 3.20. The van der Waals surface area contributed by atoms with E-state index in [9.17, 15) is 0 Å². The maximum absolute atomic E-state index is 4.04. The number of benzene rings is 1. The lowest BCUT2D eigenvalue weighted by Gasteiger charge is -2.00. The van der Waals surface area contributed by atoms with Crippen LogP contribution in [0.25, 0.3) is 0 Å². The number of nitrogens with zero attached hydrogens (tertiary/aromatic N) is 2. The summed E-state index contributed by atoms with van der Waals surface area (Å²) in [5.74, 6) is 0. The first-order valence-corrected chi connectivity index (χ1v) is 6.58. The molecule has 0 saturated heterocycles. The van der Waals surface area contributed by atoms with Gasteiger partial charge in [0.1, 0.15) is 0 Å². The average Bonchev–Trinajstić information content (AvgIpc) is 2.76. The first kappa shape index (κ1) is 10.4. The fourth-order valence-corrected chi connectivity index (χ4v) is 2.30. The van der Waals surface area contributed by atoms with Crippen LogP contribution in [-0.4, -0.2) is 16.5 Å². The molecule has 2 rings (SSSR count). The summed E-state index contributed by atoms with van der Waals surface area (Å²) in [5, 5.41) is 12.2. The average molecular weight is 237 g/mol. The van der Waals surface area contributed by atoms with Gasteiger partial charge in [-0.15, -0.1) is 10.2 Å². The monoisotopic (exact) mass is 237 g/mol. The van der Waals surface area contributed by atoms with Crippen LogP contribution in [-0.2, 0) is 6.54 Å². The van der Waals surface area contributed by atoms with Crippen molar-refractivity contribution in [3.63, 3.8) is 0 Å². The molecular weight excluding hydrogens is 226 g/mol. The van der Waals surface area contributed by atoms with Crippen LogP contribution in [0.4, 0.5) is 5.13 Å². The lowest BCUT2D eigenvalue weighted by molar-refractivity contribution is 0.997. The molecule has 1 heterocycles. The number of nitrogens with one attached hydrogen (secondary N) is 1. The predicted octanol–water partition coefficient (Wildman–Crippen LogP) is 2.87. The highest BCUT2D eigenvalue weighted by atomic mass is 32.2. The van der Waals surface area contributed by atoms with Crippen LogP contribution in [0.15, 0.2) is 34.7 Å². The van der Waals surface area contributed by atoms with Gasteiger partial charge in [0.25, 0.3) is 0 Å². The molecule has 3 nitrogen and oxygen atoms in total. The standard InChI is InChI=1S/C10H11N3S2/c1-14-10-13-12-9(15-10)11-7-8-5-3-2-4-6-8/h2-6H,7H2,1H3,(H,11,12). The third-order valence-electron chi connectivity index (χ3n) is 1.87. The lowest BCUT2D eigenvalue weighted by atomic mass is 10.2. The molecule has 1 N–H and O–H groups in total. The molecule has 5 heteroatoms. The van der Waals surface area contributed by atoms with Crippen LogP contribution in [0.5, 0.6) is 0 Å². The Balaban J connectivity index is 1.93. The molecule has 0 amide bonds. The zero-order valence-corrected chi connectivity index (χ0v) is 9.94. The van der Waals surface area contributed by atoms with Crippen molar-refractivity contribution in [2.75, 3.05) is 11.6 Å². The minimum atomic E-state index is 0.795. The van der Waals surface area contributed by atoms with Gasteiger partial charge in [0.2, 0.25) is 5.13 Å². The van der Waals surface area contributed by atoms with E-state index in [0.717, 1.165) is 16.0 Å². The summed E-state index contributed by atoms with van der Waals surface area (Å²) in [6.07, 6.45) is 2.00. The van der Waals surface area contributed by atoms with Gasteiger partial charge < -0.3 is 5.32 Å². The molecule has 0 saturated carbocycles. The Morgan fingerprint density at radius 2 is 2.07 bits per heavy atom. The number of anilines is 1. The van der Waals surface area contributed by atoms with Gasteiger partial charge in [-0.05, 0) is 11.8 Å². The number of thioether (sulfide) groups is 1. The summed E-state index contributed by atoms with van der Waals surface area (Å²) in [4.78, 5) is 0. The van der Waals surface area contributed by atoms with E-state index in [1.807, 2.05) is 24.5 Å². The summed E-state index contributed by atoms with van der Waals surface area (Å²) in [6, 6.07) is 10.3. The molecular formula is C10H11N3S2. The molecule has 1 aromatic heterocycles. The first-order chi connectivity index (χ1) is 7.38. The molecule has 0 fully saturated rings. The maximum Gasteiger partial charge on any atom is 0.206 e. The molecule has 0 aliphatic carbocycles. The van der Waals surface area contributed by atoms with Crippen LogP contribution in [0.3, 0.4) is 0 Å². The molecule has 0 aliphatic heterocycles. The quantitative estimate of drug-likeness (QED) is 0.830. The zero-order valence-electron chi connectivity index (χ0n) is 8.30. The predicted molar refractivity (Wildman–Crippen MR) is 65.5 cm³/mol. The topological polar surface area (TPSA) is 37.8 Å². The van der Waals surface area contributed by atoms with E-state index in [1.165, 1.54) is 5.56 Å². The van der Waals surface area contributed by atoms with Gasteiger partial charge in [-0.2, -0.15) is 0 Å². The van der Waals surface area contributed by atoms with Crippen LogP contribution in [0.1, 0.15) is 5.56 Å². The molecule has 2 aromatic rings. The molecule has 15 heavy (non-hydrogen) atoms. The largest absolute Gasteiger partial charge is 0.356 e. The number of rotatable bonds is 4. The van der Waals surface area contributed by atoms with E-state index < -0.39 is 0 Å². The fraction of sp³-hybridized carbons (Fsp3) is 0.200. The number of hydrogen-bond acceptors (Lipinski definition) is 5. The maximum atomic E-state index is 4.04. The Hall–Kier alpha value is -1.07. The third-order valence-corrected chi connectivity index (χ3v) is 3.72. The van der Waals surface area contributed by atoms with Crippen molar-refractivity contribution in [1.29, 1.82) is 0 Å². The van der Waals surface area contributed by atoms with Gasteiger partial charge in [0, 0.05) is 6.54 Å². The van der Waals surface area contributed by atoms with E-state index in [0.29, 0.717) is 0 Å². The lowest BCUT2D eigenvalue weighted by Crippen LogP contribution is -1.98. The Kier molecular flexibility index (Phi) is 3.58. The van der Waals surface area contributed by atoms with E-state index in [2.05, 4.69) is 27.6 Å². The summed E-state index contributed by atoms with van der Waals surface area (Å²) < 4.78 is 0.991. The van der Waals surface area contributed by atoms with E-state index in [1.54, 1.807) is 23.1 Å². The fourth-order valence-electron chi connectivity index (χ4n) is 1.14. The van der Waals surface area contributed by atoms with Crippen molar-refractivity contribution < 1.29 is 0 Å². The van der Waals surface area contributed by atoms with E-state index >= 15 is 0 Å². The van der Waals surface area contributed by atoms with Gasteiger partial charge in [0.15, 0.2) is 4.34 Å². The van der Waals surface area contributed by atoms with Crippen LogP contribution >= 0.6 is 23.1 Å². The molecule has 0 spiro atoms. The molecule has 0 atom stereocenters. The van der Waals surface area contributed by atoms with Crippen molar-refractivity contribution in [3.8, 4) is 0 Å². The second-order valence-electron chi connectivity index (χ2n) is 2.92. The summed E-state index contributed by atoms with van der Waals surface area (Å²) in [5.41, 5.74) is 1.25. The van der Waals surface area contributed by atoms with Gasteiger partial charge in [-0.3, -0.25) is 0 Å². The highest BCUT2D eigenvalue weighted by molar-refractivity contribution is 8.00. The molecule has 0 radical (unpaired) electrons. The third kappa shape index (κ3) is 2.94. The van der Waals surface area contributed by atoms with Crippen molar-refractivity contribution in [3.05, 3.63) is 35.9 Å². The van der Waals surface area contributed by atoms with Gasteiger partial charge >= 0.3 is 0 Å². The van der Waals surface area contributed by atoms with Crippen molar-refractivity contribution >= 4 is 28.2 Å². The molecule has 78 valence electrons. The molecule has 1 aromatic carbocycles. The Morgan fingerprint density at radius 1 is 1.27 bits per heavy atom. The summed E-state index contributed by atoms with van der Waals surface area (Å²) in [7, 11) is 0. The van der Waals surface area contributed by atoms with Crippen molar-refractivity contribution in [2.24, 2.45) is 0 Å².